The summed E-state index contributed by atoms with van der Waals surface area (Å²) in [5.41, 5.74) is 0. The largest absolute Gasteiger partial charge is 0.481 e. The lowest BCUT2D eigenvalue weighted by molar-refractivity contribution is -0.137. The van der Waals surface area contributed by atoms with Gasteiger partial charge < -0.3 is 14.9 Å². The first kappa shape index (κ1) is 14.8. The van der Waals surface area contributed by atoms with Crippen LogP contribution in [0.15, 0.2) is 0 Å². The Kier molecular flexibility index (Phi) is 5.44. The summed E-state index contributed by atoms with van der Waals surface area (Å²) in [5, 5.41) is 8.73. The van der Waals surface area contributed by atoms with E-state index < -0.39 is 5.97 Å². The van der Waals surface area contributed by atoms with Gasteiger partial charge in [-0.3, -0.25) is 4.79 Å². The Morgan fingerprint density at radius 2 is 1.83 bits per heavy atom. The minimum Gasteiger partial charge on any atom is -0.481 e. The molecule has 1 aliphatic rings. The van der Waals surface area contributed by atoms with Crippen molar-refractivity contribution < 1.29 is 14.7 Å². The fraction of sp³-hybridized carbons (Fsp3) is 0.846. The van der Waals surface area contributed by atoms with Crippen LogP contribution in [0.3, 0.4) is 0 Å². The number of nitrogens with zero attached hydrogens (tertiary/aromatic N) is 2. The molecule has 0 aromatic carbocycles. The Labute approximate surface area is 109 Å². The molecule has 0 bridgehead atoms. The molecule has 0 spiro atoms. The summed E-state index contributed by atoms with van der Waals surface area (Å²) in [6.07, 6.45) is 3.88. The van der Waals surface area contributed by atoms with Crippen molar-refractivity contribution in [1.82, 2.24) is 9.80 Å². The van der Waals surface area contributed by atoms with Crippen LogP contribution in [0, 0.1) is 0 Å². The normalized spacial score (nSPS) is 14.7. The van der Waals surface area contributed by atoms with E-state index in [0.717, 1.165) is 25.7 Å². The molecule has 104 valence electrons. The van der Waals surface area contributed by atoms with Crippen LogP contribution in [0.5, 0.6) is 0 Å². The van der Waals surface area contributed by atoms with Crippen molar-refractivity contribution in [2.24, 2.45) is 0 Å². The van der Waals surface area contributed by atoms with Crippen molar-refractivity contribution >= 4 is 12.0 Å². The summed E-state index contributed by atoms with van der Waals surface area (Å²) in [6, 6.07) is 0.477. The van der Waals surface area contributed by atoms with Gasteiger partial charge in [0.15, 0.2) is 0 Å². The topological polar surface area (TPSA) is 60.9 Å². The van der Waals surface area contributed by atoms with Crippen LogP contribution in [0.2, 0.25) is 0 Å². The van der Waals surface area contributed by atoms with E-state index in [4.69, 9.17) is 5.11 Å². The zero-order chi connectivity index (χ0) is 13.7. The van der Waals surface area contributed by atoms with E-state index in [1.807, 2.05) is 7.05 Å². The van der Waals surface area contributed by atoms with Crippen LogP contribution in [0.4, 0.5) is 4.79 Å². The minimum absolute atomic E-state index is 0.0209. The second kappa shape index (κ2) is 6.61. The highest BCUT2D eigenvalue weighted by Gasteiger charge is 2.35. The SMILES string of the molecule is CCC(CC)N(C)C(=O)N(CCC(=O)O)C1CC1. The van der Waals surface area contributed by atoms with E-state index >= 15 is 0 Å². The number of rotatable bonds is 7. The Balaban J connectivity index is 2.61. The molecule has 0 unspecified atom stereocenters. The third-order valence-electron chi connectivity index (χ3n) is 3.59. The molecule has 0 aliphatic heterocycles. The van der Waals surface area contributed by atoms with Crippen LogP contribution >= 0.6 is 0 Å². The Morgan fingerprint density at radius 3 is 2.22 bits per heavy atom. The van der Waals surface area contributed by atoms with E-state index in [1.165, 1.54) is 0 Å². The fourth-order valence-corrected chi connectivity index (χ4v) is 2.23. The summed E-state index contributed by atoms with van der Waals surface area (Å²) in [7, 11) is 1.82. The number of carboxylic acid groups (broad SMARTS) is 1. The van der Waals surface area contributed by atoms with E-state index in [2.05, 4.69) is 13.8 Å². The predicted octanol–water partition coefficient (Wildman–Crippen LogP) is 2.17. The highest BCUT2D eigenvalue weighted by Crippen LogP contribution is 2.28. The predicted molar refractivity (Wildman–Crippen MR) is 69.5 cm³/mol. The number of aliphatic carboxylic acids is 1. The van der Waals surface area contributed by atoms with Crippen molar-refractivity contribution in [3.8, 4) is 0 Å². The number of amides is 2. The third kappa shape index (κ3) is 3.89. The van der Waals surface area contributed by atoms with Gasteiger partial charge in [0.05, 0.1) is 6.42 Å². The number of urea groups is 1. The molecule has 1 aliphatic carbocycles. The smallest absolute Gasteiger partial charge is 0.320 e. The van der Waals surface area contributed by atoms with Gasteiger partial charge in [-0.1, -0.05) is 13.8 Å². The maximum absolute atomic E-state index is 12.4. The first-order valence-corrected chi connectivity index (χ1v) is 6.76. The molecule has 1 fully saturated rings. The molecular weight excluding hydrogens is 232 g/mol. The van der Waals surface area contributed by atoms with Gasteiger partial charge in [0.2, 0.25) is 0 Å². The zero-order valence-electron chi connectivity index (χ0n) is 11.6. The first-order valence-electron chi connectivity index (χ1n) is 6.76. The summed E-state index contributed by atoms with van der Waals surface area (Å²) < 4.78 is 0. The first-order chi connectivity index (χ1) is 8.51. The molecule has 0 heterocycles. The lowest BCUT2D eigenvalue weighted by atomic mass is 10.1. The molecule has 1 saturated carbocycles. The quantitative estimate of drug-likeness (QED) is 0.759. The molecule has 0 radical (unpaired) electrons. The minimum atomic E-state index is -0.848. The number of carbonyl (C=O) groups excluding carboxylic acids is 1. The molecule has 0 saturated heterocycles. The standard InChI is InChI=1S/C13H24N2O3/c1-4-10(5-2)14(3)13(18)15(11-6-7-11)9-8-12(16)17/h10-11H,4-9H2,1-3H3,(H,16,17). The van der Waals surface area contributed by atoms with Crippen LogP contribution in [0.25, 0.3) is 0 Å². The van der Waals surface area contributed by atoms with Crippen molar-refractivity contribution in [1.29, 1.82) is 0 Å². The highest BCUT2D eigenvalue weighted by atomic mass is 16.4. The van der Waals surface area contributed by atoms with Crippen LogP contribution in [-0.2, 0) is 4.79 Å². The Hall–Kier alpha value is -1.26. The second-order valence-corrected chi connectivity index (χ2v) is 4.93. The molecule has 18 heavy (non-hydrogen) atoms. The molecule has 5 heteroatoms. The van der Waals surface area contributed by atoms with E-state index in [0.29, 0.717) is 6.54 Å². The van der Waals surface area contributed by atoms with Crippen LogP contribution in [0.1, 0.15) is 46.0 Å². The number of carbonyl (C=O) groups is 2. The van der Waals surface area contributed by atoms with E-state index in [-0.39, 0.29) is 24.5 Å². The summed E-state index contributed by atoms with van der Waals surface area (Å²) in [5.74, 6) is -0.848. The maximum Gasteiger partial charge on any atom is 0.320 e. The monoisotopic (exact) mass is 256 g/mol. The van der Waals surface area contributed by atoms with Gasteiger partial charge in [0.1, 0.15) is 0 Å². The second-order valence-electron chi connectivity index (χ2n) is 4.93. The van der Waals surface area contributed by atoms with Crippen molar-refractivity contribution in [2.75, 3.05) is 13.6 Å². The van der Waals surface area contributed by atoms with Gasteiger partial charge in [-0.05, 0) is 25.7 Å². The van der Waals surface area contributed by atoms with Gasteiger partial charge in [-0.2, -0.15) is 0 Å². The van der Waals surface area contributed by atoms with Crippen molar-refractivity contribution in [3.63, 3.8) is 0 Å². The molecule has 0 aromatic rings. The van der Waals surface area contributed by atoms with Gasteiger partial charge >= 0.3 is 12.0 Å². The highest BCUT2D eigenvalue weighted by molar-refractivity contribution is 5.76. The van der Waals surface area contributed by atoms with Gasteiger partial charge in [-0.15, -0.1) is 0 Å². The molecule has 2 amide bonds. The molecule has 5 nitrogen and oxygen atoms in total. The average molecular weight is 256 g/mol. The molecule has 0 atom stereocenters. The van der Waals surface area contributed by atoms with Gasteiger partial charge in [0.25, 0.3) is 0 Å². The van der Waals surface area contributed by atoms with Crippen LogP contribution in [-0.4, -0.2) is 52.6 Å². The van der Waals surface area contributed by atoms with Crippen molar-refractivity contribution in [3.05, 3.63) is 0 Å². The maximum atomic E-state index is 12.4. The average Bonchev–Trinajstić information content (AvgIpc) is 3.14. The summed E-state index contributed by atoms with van der Waals surface area (Å²) in [4.78, 5) is 26.5. The Bertz CT molecular complexity index is 299. The molecular formula is C13H24N2O3. The third-order valence-corrected chi connectivity index (χ3v) is 3.59. The number of hydrogen-bond acceptors (Lipinski definition) is 2. The number of hydrogen-bond donors (Lipinski definition) is 1. The molecule has 1 rings (SSSR count). The van der Waals surface area contributed by atoms with E-state index in [1.54, 1.807) is 9.80 Å². The fourth-order valence-electron chi connectivity index (χ4n) is 2.23. The van der Waals surface area contributed by atoms with Gasteiger partial charge in [-0.25, -0.2) is 4.79 Å². The van der Waals surface area contributed by atoms with Crippen molar-refractivity contribution in [2.45, 2.75) is 58.0 Å². The number of carboxylic acids is 1. The van der Waals surface area contributed by atoms with E-state index in [9.17, 15) is 9.59 Å². The zero-order valence-corrected chi connectivity index (χ0v) is 11.6. The van der Waals surface area contributed by atoms with Gasteiger partial charge in [0, 0.05) is 25.7 Å². The molecule has 0 aromatic heterocycles. The lowest BCUT2D eigenvalue weighted by Gasteiger charge is -2.32. The molecule has 1 N–H and O–H groups in total. The lowest BCUT2D eigenvalue weighted by Crippen LogP contribution is -2.47. The van der Waals surface area contributed by atoms with Crippen LogP contribution < -0.4 is 0 Å². The summed E-state index contributed by atoms with van der Waals surface area (Å²) >= 11 is 0. The summed E-state index contributed by atoms with van der Waals surface area (Å²) in [6.45, 7) is 4.46. The Morgan fingerprint density at radius 1 is 1.28 bits per heavy atom.